The van der Waals surface area contributed by atoms with E-state index in [9.17, 15) is 18.4 Å². The lowest BCUT2D eigenvalue weighted by atomic mass is 9.92. The Kier molecular flexibility index (Phi) is 10.2. The molecule has 0 aromatic heterocycles. The van der Waals surface area contributed by atoms with Crippen LogP contribution in [0.5, 0.6) is 0 Å². The third-order valence-corrected chi connectivity index (χ3v) is 4.54. The van der Waals surface area contributed by atoms with Gasteiger partial charge in [-0.15, -0.1) is 0 Å². The Morgan fingerprint density at radius 3 is 2.18 bits per heavy atom. The number of benzene rings is 3. The number of hydrogen-bond acceptors (Lipinski definition) is 4. The van der Waals surface area contributed by atoms with E-state index in [1.807, 2.05) is 6.07 Å². The monoisotopic (exact) mass is 454 g/mol. The van der Waals surface area contributed by atoms with Gasteiger partial charge in [0.25, 0.3) is 5.91 Å². The molecule has 3 rings (SSSR count). The summed E-state index contributed by atoms with van der Waals surface area (Å²) in [6.07, 6.45) is -0.504. The van der Waals surface area contributed by atoms with Crippen LogP contribution in [0.1, 0.15) is 33.9 Å². The van der Waals surface area contributed by atoms with Crippen LogP contribution in [0.3, 0.4) is 0 Å². The molecule has 1 atom stereocenters. The smallest absolute Gasteiger partial charge is 0.426 e. The van der Waals surface area contributed by atoms with Gasteiger partial charge in [-0.05, 0) is 48.4 Å². The van der Waals surface area contributed by atoms with E-state index in [1.54, 1.807) is 55.5 Å². The van der Waals surface area contributed by atoms with Crippen molar-refractivity contribution in [2.24, 2.45) is 0 Å². The molecular weight excluding hydrogens is 429 g/mol. The van der Waals surface area contributed by atoms with Crippen molar-refractivity contribution < 1.29 is 28.4 Å². The lowest BCUT2D eigenvalue weighted by Crippen LogP contribution is -2.38. The molecule has 0 aliphatic carbocycles. The maximum Gasteiger partial charge on any atom is 0.472 e. The Morgan fingerprint density at radius 1 is 0.939 bits per heavy atom. The van der Waals surface area contributed by atoms with Crippen LogP contribution in [0, 0.1) is 18.6 Å². The third-order valence-electron chi connectivity index (χ3n) is 4.54. The number of hydrogen-bond donors (Lipinski definition) is 4. The largest absolute Gasteiger partial charge is 0.472 e. The topological polar surface area (TPSA) is 98.7 Å². The highest BCUT2D eigenvalue weighted by molar-refractivity contribution is 6.41. The van der Waals surface area contributed by atoms with E-state index in [2.05, 4.69) is 10.6 Å². The first-order chi connectivity index (χ1) is 15.8. The molecule has 4 N–H and O–H groups in total. The maximum absolute atomic E-state index is 13.5. The SMILES string of the molecule is Cc1ccccc1F.O=C(CC(NC(=O)c1ccccc1)c1cccc(F)c1)NCB(O)O. The van der Waals surface area contributed by atoms with Gasteiger partial charge >= 0.3 is 7.12 Å². The van der Waals surface area contributed by atoms with Crippen molar-refractivity contribution in [3.05, 3.63) is 107 Å². The summed E-state index contributed by atoms with van der Waals surface area (Å²) in [4.78, 5) is 24.3. The Morgan fingerprint density at radius 2 is 1.61 bits per heavy atom. The molecule has 172 valence electrons. The van der Waals surface area contributed by atoms with E-state index in [-0.39, 0.29) is 18.7 Å². The molecule has 0 spiro atoms. The normalized spacial score (nSPS) is 10.9. The summed E-state index contributed by atoms with van der Waals surface area (Å²) < 4.78 is 25.8. The molecule has 1 unspecified atom stereocenters. The predicted octanol–water partition coefficient (Wildman–Crippen LogP) is 2.95. The maximum atomic E-state index is 13.5. The van der Waals surface area contributed by atoms with Gasteiger partial charge in [-0.2, -0.15) is 0 Å². The molecule has 2 amide bonds. The molecule has 0 aliphatic heterocycles. The van der Waals surface area contributed by atoms with E-state index >= 15 is 0 Å². The van der Waals surface area contributed by atoms with Crippen LogP contribution < -0.4 is 10.6 Å². The lowest BCUT2D eigenvalue weighted by molar-refractivity contribution is -0.121. The minimum Gasteiger partial charge on any atom is -0.426 e. The minimum absolute atomic E-state index is 0.132. The predicted molar refractivity (Wildman–Crippen MR) is 122 cm³/mol. The van der Waals surface area contributed by atoms with Crippen LogP contribution >= 0.6 is 0 Å². The minimum atomic E-state index is -1.67. The Hall–Kier alpha value is -3.56. The summed E-state index contributed by atoms with van der Waals surface area (Å²) in [6, 6.07) is 20.0. The molecule has 0 bridgehead atoms. The fraction of sp³-hybridized carbons (Fsp3) is 0.167. The molecule has 0 radical (unpaired) electrons. The fourth-order valence-corrected chi connectivity index (χ4v) is 2.82. The van der Waals surface area contributed by atoms with Crippen LogP contribution in [0.25, 0.3) is 0 Å². The molecule has 0 fully saturated rings. The highest BCUT2D eigenvalue weighted by atomic mass is 19.1. The average molecular weight is 454 g/mol. The summed E-state index contributed by atoms with van der Waals surface area (Å²) in [5.41, 5.74) is 1.55. The van der Waals surface area contributed by atoms with Gasteiger partial charge in [0, 0.05) is 5.56 Å². The van der Waals surface area contributed by atoms with Crippen molar-refractivity contribution in [1.82, 2.24) is 10.6 Å². The summed E-state index contributed by atoms with van der Waals surface area (Å²) in [5.74, 6) is -1.52. The Balaban J connectivity index is 0.000000405. The van der Waals surface area contributed by atoms with E-state index in [0.717, 1.165) is 0 Å². The van der Waals surface area contributed by atoms with Gasteiger partial charge in [-0.3, -0.25) is 9.59 Å². The number of rotatable bonds is 7. The van der Waals surface area contributed by atoms with Crippen LogP contribution in [0.4, 0.5) is 8.78 Å². The van der Waals surface area contributed by atoms with Crippen molar-refractivity contribution in [2.45, 2.75) is 19.4 Å². The van der Waals surface area contributed by atoms with Crippen LogP contribution in [-0.4, -0.2) is 35.4 Å². The van der Waals surface area contributed by atoms with Crippen LogP contribution in [0.2, 0.25) is 0 Å². The van der Waals surface area contributed by atoms with Crippen molar-refractivity contribution in [3.63, 3.8) is 0 Å². The Labute approximate surface area is 191 Å². The van der Waals surface area contributed by atoms with Gasteiger partial charge in [-0.25, -0.2) is 8.78 Å². The molecule has 0 heterocycles. The lowest BCUT2D eigenvalue weighted by Gasteiger charge is -2.19. The molecule has 3 aromatic rings. The molecule has 0 saturated carbocycles. The second kappa shape index (κ2) is 13.1. The summed E-state index contributed by atoms with van der Waals surface area (Å²) in [5, 5.41) is 22.6. The second-order valence-corrected chi connectivity index (χ2v) is 7.19. The highest BCUT2D eigenvalue weighted by Crippen LogP contribution is 2.19. The number of carbonyl (C=O) groups is 2. The van der Waals surface area contributed by atoms with Gasteiger partial charge in [0.15, 0.2) is 0 Å². The summed E-state index contributed by atoms with van der Waals surface area (Å²) >= 11 is 0. The summed E-state index contributed by atoms with van der Waals surface area (Å²) in [7, 11) is -1.67. The molecule has 3 aromatic carbocycles. The quantitative estimate of drug-likeness (QED) is 0.413. The first kappa shape index (κ1) is 25.7. The van der Waals surface area contributed by atoms with Crippen molar-refractivity contribution >= 4 is 18.9 Å². The highest BCUT2D eigenvalue weighted by Gasteiger charge is 2.20. The third kappa shape index (κ3) is 9.22. The zero-order valence-corrected chi connectivity index (χ0v) is 18.0. The van der Waals surface area contributed by atoms with Crippen molar-refractivity contribution in [3.8, 4) is 0 Å². The second-order valence-electron chi connectivity index (χ2n) is 7.19. The van der Waals surface area contributed by atoms with Gasteiger partial charge in [0.1, 0.15) is 11.6 Å². The van der Waals surface area contributed by atoms with Gasteiger partial charge in [0.05, 0.1) is 18.9 Å². The number of aryl methyl sites for hydroxylation is 1. The number of carbonyl (C=O) groups excluding carboxylic acids is 2. The average Bonchev–Trinajstić information content (AvgIpc) is 2.80. The van der Waals surface area contributed by atoms with E-state index in [4.69, 9.17) is 10.0 Å². The standard InChI is InChI=1S/C17H18BFN2O4.C7H7F/c19-14-8-4-7-13(9-14)15(10-16(22)20-11-18(24)25)21-17(23)12-5-2-1-3-6-12;1-6-4-2-3-5-7(6)8/h1-9,15,24-25H,10-11H2,(H,20,22)(H,21,23);2-5H,1H3. The number of halogens is 2. The number of amides is 2. The van der Waals surface area contributed by atoms with Crippen molar-refractivity contribution in [2.75, 3.05) is 6.44 Å². The van der Waals surface area contributed by atoms with Gasteiger partial charge in [-0.1, -0.05) is 48.5 Å². The first-order valence-corrected chi connectivity index (χ1v) is 10.2. The van der Waals surface area contributed by atoms with E-state index in [1.165, 1.54) is 24.3 Å². The Bertz CT molecular complexity index is 1030. The van der Waals surface area contributed by atoms with Crippen LogP contribution in [0.15, 0.2) is 78.9 Å². The number of nitrogens with one attached hydrogen (secondary N) is 2. The molecule has 6 nitrogen and oxygen atoms in total. The van der Waals surface area contributed by atoms with E-state index < -0.39 is 30.8 Å². The van der Waals surface area contributed by atoms with Gasteiger partial charge < -0.3 is 20.7 Å². The first-order valence-electron chi connectivity index (χ1n) is 10.2. The van der Waals surface area contributed by atoms with E-state index in [0.29, 0.717) is 16.7 Å². The zero-order chi connectivity index (χ0) is 24.2. The molecular formula is C24H25BF2N2O4. The van der Waals surface area contributed by atoms with Crippen LogP contribution in [-0.2, 0) is 4.79 Å². The van der Waals surface area contributed by atoms with Gasteiger partial charge in [0.2, 0.25) is 5.91 Å². The fourth-order valence-electron chi connectivity index (χ4n) is 2.82. The summed E-state index contributed by atoms with van der Waals surface area (Å²) in [6.45, 7) is 1.75. The zero-order valence-electron chi connectivity index (χ0n) is 18.0. The molecule has 33 heavy (non-hydrogen) atoms. The molecule has 0 aliphatic rings. The van der Waals surface area contributed by atoms with Crippen molar-refractivity contribution in [1.29, 1.82) is 0 Å². The molecule has 9 heteroatoms. The molecule has 0 saturated heterocycles.